The van der Waals surface area contributed by atoms with Crippen LogP contribution in [-0.4, -0.2) is 115 Å². The van der Waals surface area contributed by atoms with Gasteiger partial charge in [-0.2, -0.15) is 0 Å². The lowest BCUT2D eigenvalue weighted by Crippen LogP contribution is -2.82. The van der Waals surface area contributed by atoms with Gasteiger partial charge in [-0.3, -0.25) is 9.59 Å². The molecule has 2 aromatic carbocycles. The van der Waals surface area contributed by atoms with Gasteiger partial charge in [0.25, 0.3) is 0 Å². The first-order chi connectivity index (χ1) is 30.4. The second kappa shape index (κ2) is 18.5. The molecule has 3 fully saturated rings. The number of Topliss-reactive ketones (excluding diaryl/α,β-unsaturated/α-hetero) is 1. The van der Waals surface area contributed by atoms with Crippen LogP contribution in [0, 0.1) is 16.7 Å². The van der Waals surface area contributed by atoms with Crippen molar-refractivity contribution in [1.82, 2.24) is 5.32 Å². The maximum absolute atomic E-state index is 15.6. The largest absolute Gasteiger partial charge is 0.456 e. The van der Waals surface area contributed by atoms with Gasteiger partial charge in [0.1, 0.15) is 36.1 Å². The molecule has 15 heteroatoms. The van der Waals surface area contributed by atoms with E-state index in [-0.39, 0.29) is 24.2 Å². The van der Waals surface area contributed by atoms with Crippen molar-refractivity contribution in [3.8, 4) is 0 Å². The molecule has 4 aliphatic carbocycles. The molecule has 346 valence electrons. The second-order valence-electron chi connectivity index (χ2n) is 18.5. The van der Waals surface area contributed by atoms with Crippen LogP contribution < -0.4 is 5.32 Å². The number of alkyl carbamates (subject to hydrolysis) is 1. The lowest BCUT2D eigenvalue weighted by atomic mass is 9.44. The highest BCUT2D eigenvalue weighted by molar-refractivity contribution is 5.94. The molecule has 1 unspecified atom stereocenters. The lowest BCUT2D eigenvalue weighted by Gasteiger charge is -2.67. The molecular formula is C49H61NO14. The van der Waals surface area contributed by atoms with Crippen molar-refractivity contribution in [3.05, 3.63) is 95.1 Å². The van der Waals surface area contributed by atoms with Crippen molar-refractivity contribution in [3.63, 3.8) is 0 Å². The van der Waals surface area contributed by atoms with Crippen LogP contribution in [0.2, 0.25) is 0 Å². The van der Waals surface area contributed by atoms with Gasteiger partial charge in [0.05, 0.1) is 35.6 Å². The molecule has 1 saturated heterocycles. The molecule has 7 rings (SSSR count). The maximum atomic E-state index is 15.6. The van der Waals surface area contributed by atoms with Crippen LogP contribution >= 0.6 is 0 Å². The van der Waals surface area contributed by atoms with Gasteiger partial charge in [0, 0.05) is 39.4 Å². The van der Waals surface area contributed by atoms with E-state index in [2.05, 4.69) is 5.32 Å². The highest BCUT2D eigenvalue weighted by atomic mass is 16.6. The lowest BCUT2D eigenvalue weighted by molar-refractivity contribution is -0.347. The Morgan fingerprint density at radius 2 is 1.59 bits per heavy atom. The minimum Gasteiger partial charge on any atom is -0.456 e. The van der Waals surface area contributed by atoms with Crippen molar-refractivity contribution in [2.45, 2.75) is 140 Å². The molecule has 12 atom stereocenters. The maximum Gasteiger partial charge on any atom is 0.408 e. The van der Waals surface area contributed by atoms with Crippen LogP contribution in [0.25, 0.3) is 0 Å². The molecule has 0 spiro atoms. The predicted molar refractivity (Wildman–Crippen MR) is 229 cm³/mol. The molecular weight excluding hydrogens is 827 g/mol. The molecule has 64 heavy (non-hydrogen) atoms. The first-order valence-corrected chi connectivity index (χ1v) is 22.1. The monoisotopic (exact) mass is 887 g/mol. The first-order valence-electron chi connectivity index (χ1n) is 22.1. The molecule has 15 nitrogen and oxygen atoms in total. The number of aliphatic hydroxyl groups is 2. The average molecular weight is 888 g/mol. The average Bonchev–Trinajstić information content (AvgIpc) is 3.25. The molecule has 0 aromatic heterocycles. The Kier molecular flexibility index (Phi) is 13.6. The Labute approximate surface area is 373 Å². The highest BCUT2D eigenvalue weighted by Crippen LogP contribution is 2.64. The summed E-state index contributed by atoms with van der Waals surface area (Å²) >= 11 is 0. The molecule has 2 saturated carbocycles. The van der Waals surface area contributed by atoms with Crippen LogP contribution in [0.1, 0.15) is 102 Å². The van der Waals surface area contributed by atoms with E-state index in [0.29, 0.717) is 17.6 Å². The summed E-state index contributed by atoms with van der Waals surface area (Å²) in [6.45, 7) is 7.74. The number of fused-ring (bicyclic) bond motifs is 5. The van der Waals surface area contributed by atoms with Gasteiger partial charge in [-0.1, -0.05) is 74.9 Å². The number of methoxy groups -OCH3 is 2. The Balaban J connectivity index is 1.32. The minimum atomic E-state index is -2.22. The fourth-order valence-corrected chi connectivity index (χ4v) is 11.2. The zero-order valence-corrected chi connectivity index (χ0v) is 37.6. The Hall–Kier alpha value is -4.93. The summed E-state index contributed by atoms with van der Waals surface area (Å²) in [4.78, 5) is 70.9. The molecule has 2 bridgehead atoms. The number of nitrogens with one attached hydrogen (secondary N) is 1. The first kappa shape index (κ1) is 47.0. The molecule has 3 N–H and O–H groups in total. The Morgan fingerprint density at radius 3 is 2.22 bits per heavy atom. The second-order valence-corrected chi connectivity index (χ2v) is 18.5. The molecule has 0 radical (unpaired) electrons. The van der Waals surface area contributed by atoms with E-state index in [0.717, 1.165) is 25.7 Å². The van der Waals surface area contributed by atoms with E-state index in [1.807, 2.05) is 12.2 Å². The van der Waals surface area contributed by atoms with Crippen LogP contribution in [0.5, 0.6) is 0 Å². The number of esters is 3. The molecule has 1 heterocycles. The minimum absolute atomic E-state index is 0.123. The third kappa shape index (κ3) is 8.18. The summed E-state index contributed by atoms with van der Waals surface area (Å²) in [6, 6.07) is 15.2. The van der Waals surface area contributed by atoms with Crippen molar-refractivity contribution < 1.29 is 67.3 Å². The highest BCUT2D eigenvalue weighted by Gasteiger charge is 2.78. The molecule has 1 aliphatic heterocycles. The molecule has 1 amide bonds. The van der Waals surface area contributed by atoms with Crippen molar-refractivity contribution in [1.29, 1.82) is 0 Å². The smallest absolute Gasteiger partial charge is 0.408 e. The Morgan fingerprint density at radius 1 is 0.906 bits per heavy atom. The summed E-state index contributed by atoms with van der Waals surface area (Å²) in [5.41, 5.74) is -5.80. The SMILES string of the molecule is CO[C@H]1C(=O)[C@]2(C)[C@@H](OC)C[C@H]3OC[C@@]3(OC(C)=O)[C@H]2[C@H](OC(=O)c2ccccc2)[C@]2(O)C[C@H](OC(=O)[C@H](O)[C@@H](NC(=O)OC3/C=C/CCCCC3)c3ccccc3)C(C)=C1C2(C)C. The van der Waals surface area contributed by atoms with E-state index in [9.17, 15) is 29.4 Å². The summed E-state index contributed by atoms with van der Waals surface area (Å²) in [6.07, 6.45) is -1.54. The number of hydrogen-bond acceptors (Lipinski definition) is 14. The van der Waals surface area contributed by atoms with Crippen molar-refractivity contribution in [2.75, 3.05) is 20.8 Å². The van der Waals surface area contributed by atoms with Gasteiger partial charge in [-0.05, 0) is 74.4 Å². The van der Waals surface area contributed by atoms with E-state index >= 15 is 4.79 Å². The topological polar surface area (TPSA) is 202 Å². The summed E-state index contributed by atoms with van der Waals surface area (Å²) in [5.74, 6) is -4.50. The predicted octanol–water partition coefficient (Wildman–Crippen LogP) is 5.66. The number of carbonyl (C=O) groups excluding carboxylic acids is 5. The number of benzene rings is 2. The zero-order valence-electron chi connectivity index (χ0n) is 37.6. The van der Waals surface area contributed by atoms with Crippen LogP contribution in [0.4, 0.5) is 4.79 Å². The normalized spacial score (nSPS) is 34.6. The van der Waals surface area contributed by atoms with Gasteiger partial charge in [-0.15, -0.1) is 0 Å². The third-order valence-electron chi connectivity index (χ3n) is 14.6. The number of hydrogen-bond donors (Lipinski definition) is 3. The Bertz CT molecular complexity index is 2140. The number of aliphatic hydroxyl groups excluding tert-OH is 1. The van der Waals surface area contributed by atoms with Crippen LogP contribution in [0.3, 0.4) is 0 Å². The van der Waals surface area contributed by atoms with Gasteiger partial charge in [-0.25, -0.2) is 14.4 Å². The number of allylic oxidation sites excluding steroid dienone is 1. The summed E-state index contributed by atoms with van der Waals surface area (Å²) in [7, 11) is 2.80. The molecule has 5 aliphatic rings. The van der Waals surface area contributed by atoms with Gasteiger partial charge in [0.2, 0.25) is 0 Å². The number of carbonyl (C=O) groups is 5. The molecule has 2 aromatic rings. The van der Waals surface area contributed by atoms with E-state index in [1.54, 1.807) is 88.4 Å². The standard InChI is InChI=1S/C49H61NO14/c1-28-33(62-44(55)38(52)37(30-19-13-11-14-20-30)50-45(56)61-32-23-17-9-8-10-18-24-32)26-49(57)42(63-43(54)31-21-15-12-16-22-31)40-47(5,41(53)39(59-7)36(28)46(49,3)4)34(58-6)25-35-48(40,27-60-35)64-29(2)51/h11-17,19-23,32-35,37-40,42,52,57H,8-10,18,24-27H2,1-7H3,(H,50,56)/b23-17+/t32?,33-,34-,35+,37-,38+,39+,40-,42-,47+,48-,49+/m0/s1. The zero-order chi connectivity index (χ0) is 46.2. The fraction of sp³-hybridized carbons (Fsp3) is 0.571. The number of ketones is 1. The summed E-state index contributed by atoms with van der Waals surface area (Å²) in [5, 5.41) is 28.3. The van der Waals surface area contributed by atoms with E-state index in [4.69, 9.17) is 33.2 Å². The van der Waals surface area contributed by atoms with Crippen molar-refractivity contribution in [2.24, 2.45) is 16.7 Å². The quantitative estimate of drug-likeness (QED) is 0.142. The van der Waals surface area contributed by atoms with Crippen LogP contribution in [0.15, 0.2) is 84.0 Å². The van der Waals surface area contributed by atoms with Gasteiger partial charge in [0.15, 0.2) is 17.5 Å². The fourth-order valence-electron chi connectivity index (χ4n) is 11.2. The number of ether oxygens (including phenoxy) is 7. The number of amides is 1. The van der Waals surface area contributed by atoms with E-state index in [1.165, 1.54) is 21.1 Å². The third-order valence-corrected chi connectivity index (χ3v) is 14.6. The summed E-state index contributed by atoms with van der Waals surface area (Å²) < 4.78 is 42.9. The number of rotatable bonds is 11. The van der Waals surface area contributed by atoms with E-state index < -0.39 is 113 Å². The van der Waals surface area contributed by atoms with Crippen LogP contribution in [-0.2, 0) is 47.5 Å². The van der Waals surface area contributed by atoms with Gasteiger partial charge >= 0.3 is 24.0 Å². The van der Waals surface area contributed by atoms with Crippen molar-refractivity contribution >= 4 is 29.8 Å². The van der Waals surface area contributed by atoms with Gasteiger partial charge < -0.3 is 48.7 Å².